The predicted octanol–water partition coefficient (Wildman–Crippen LogP) is 1.81. The number of benzene rings is 1. The van der Waals surface area contributed by atoms with Gasteiger partial charge in [0.1, 0.15) is 11.5 Å². The van der Waals surface area contributed by atoms with Crippen molar-refractivity contribution in [3.8, 4) is 11.5 Å². The summed E-state index contributed by atoms with van der Waals surface area (Å²) < 4.78 is 16.7. The molecule has 0 saturated carbocycles. The van der Waals surface area contributed by atoms with E-state index < -0.39 is 0 Å². The highest BCUT2D eigenvalue weighted by Gasteiger charge is 2.29. The van der Waals surface area contributed by atoms with Crippen LogP contribution in [-0.4, -0.2) is 51.0 Å². The molecule has 1 saturated heterocycles. The molecule has 5 nitrogen and oxygen atoms in total. The number of ether oxygens (including phenoxy) is 3. The Morgan fingerprint density at radius 2 is 1.90 bits per heavy atom. The van der Waals surface area contributed by atoms with Gasteiger partial charge < -0.3 is 19.9 Å². The van der Waals surface area contributed by atoms with Gasteiger partial charge in [-0.3, -0.25) is 4.90 Å². The highest BCUT2D eigenvalue weighted by molar-refractivity contribution is 5.42. The number of hydrogen-bond donors (Lipinski definition) is 1. The predicted molar refractivity (Wildman–Crippen MR) is 82.9 cm³/mol. The summed E-state index contributed by atoms with van der Waals surface area (Å²) in [6.45, 7) is 6.46. The Balaban J connectivity index is 2.31. The molecular weight excluding hydrogens is 268 g/mol. The van der Waals surface area contributed by atoms with E-state index in [1.807, 2.05) is 18.2 Å². The fraction of sp³-hybridized carbons (Fsp3) is 0.625. The average molecular weight is 294 g/mol. The van der Waals surface area contributed by atoms with E-state index in [2.05, 4.69) is 18.7 Å². The summed E-state index contributed by atoms with van der Waals surface area (Å²) >= 11 is 0. The van der Waals surface area contributed by atoms with Gasteiger partial charge in [0.25, 0.3) is 0 Å². The molecule has 0 radical (unpaired) electrons. The van der Waals surface area contributed by atoms with Crippen LogP contribution in [0.15, 0.2) is 18.2 Å². The number of nitrogens with two attached hydrogens (primary N) is 1. The van der Waals surface area contributed by atoms with Gasteiger partial charge in [-0.25, -0.2) is 0 Å². The molecular formula is C16H26N2O3. The molecule has 3 atom stereocenters. The van der Waals surface area contributed by atoms with E-state index in [0.29, 0.717) is 6.54 Å². The van der Waals surface area contributed by atoms with Crippen LogP contribution in [0.25, 0.3) is 0 Å². The monoisotopic (exact) mass is 294 g/mol. The minimum atomic E-state index is 0.101. The number of methoxy groups -OCH3 is 2. The van der Waals surface area contributed by atoms with Crippen LogP contribution >= 0.6 is 0 Å². The lowest BCUT2D eigenvalue weighted by molar-refractivity contribution is -0.0801. The van der Waals surface area contributed by atoms with Gasteiger partial charge in [-0.1, -0.05) is 0 Å². The van der Waals surface area contributed by atoms with Gasteiger partial charge in [0.2, 0.25) is 0 Å². The molecule has 0 amide bonds. The van der Waals surface area contributed by atoms with Gasteiger partial charge in [0.05, 0.1) is 32.5 Å². The van der Waals surface area contributed by atoms with Gasteiger partial charge in [-0.2, -0.15) is 0 Å². The third-order valence-electron chi connectivity index (χ3n) is 3.91. The summed E-state index contributed by atoms with van der Waals surface area (Å²) in [5.41, 5.74) is 7.13. The minimum absolute atomic E-state index is 0.101. The molecule has 2 rings (SSSR count). The lowest BCUT2D eigenvalue weighted by Crippen LogP contribution is -2.48. The quantitative estimate of drug-likeness (QED) is 0.897. The van der Waals surface area contributed by atoms with Crippen LogP contribution in [0.2, 0.25) is 0 Å². The van der Waals surface area contributed by atoms with Crippen LogP contribution in [0, 0.1) is 0 Å². The first kappa shape index (κ1) is 16.1. The average Bonchev–Trinajstić information content (AvgIpc) is 2.47. The zero-order valence-corrected chi connectivity index (χ0v) is 13.3. The van der Waals surface area contributed by atoms with Crippen LogP contribution in [0.1, 0.15) is 25.5 Å². The molecule has 1 aliphatic rings. The molecule has 0 spiro atoms. The van der Waals surface area contributed by atoms with Crippen LogP contribution in [-0.2, 0) is 4.74 Å². The summed E-state index contributed by atoms with van der Waals surface area (Å²) in [5, 5.41) is 0. The largest absolute Gasteiger partial charge is 0.497 e. The zero-order valence-electron chi connectivity index (χ0n) is 13.3. The normalized spacial score (nSPS) is 24.6. The van der Waals surface area contributed by atoms with Crippen LogP contribution in [0.3, 0.4) is 0 Å². The van der Waals surface area contributed by atoms with Crippen molar-refractivity contribution in [3.63, 3.8) is 0 Å². The minimum Gasteiger partial charge on any atom is -0.497 e. The van der Waals surface area contributed by atoms with Crippen molar-refractivity contribution < 1.29 is 14.2 Å². The SMILES string of the molecule is COc1ccc(OC)c([C@H](CN)N2C[C@@H](C)O[C@H](C)C2)c1. The molecule has 1 aliphatic heterocycles. The number of hydrogen-bond acceptors (Lipinski definition) is 5. The molecule has 0 aliphatic carbocycles. The zero-order chi connectivity index (χ0) is 15.4. The smallest absolute Gasteiger partial charge is 0.123 e. The first-order valence-electron chi connectivity index (χ1n) is 7.40. The molecule has 1 aromatic carbocycles. The van der Waals surface area contributed by atoms with E-state index in [4.69, 9.17) is 19.9 Å². The first-order valence-corrected chi connectivity index (χ1v) is 7.40. The molecule has 1 aromatic rings. The molecule has 0 aromatic heterocycles. The second-order valence-electron chi connectivity index (χ2n) is 5.57. The van der Waals surface area contributed by atoms with Crippen molar-refractivity contribution in [2.75, 3.05) is 33.9 Å². The Labute approximate surface area is 127 Å². The molecule has 1 heterocycles. The maximum absolute atomic E-state index is 6.06. The van der Waals surface area contributed by atoms with Gasteiger partial charge in [-0.15, -0.1) is 0 Å². The van der Waals surface area contributed by atoms with E-state index in [1.165, 1.54) is 0 Å². The van der Waals surface area contributed by atoms with Gasteiger partial charge >= 0.3 is 0 Å². The number of rotatable bonds is 5. The Kier molecular flexibility index (Phi) is 5.45. The fourth-order valence-corrected chi connectivity index (χ4v) is 3.04. The van der Waals surface area contributed by atoms with Crippen molar-refractivity contribution in [2.45, 2.75) is 32.1 Å². The third kappa shape index (κ3) is 3.67. The summed E-state index contributed by atoms with van der Waals surface area (Å²) in [4.78, 5) is 2.37. The van der Waals surface area contributed by atoms with E-state index >= 15 is 0 Å². The first-order chi connectivity index (χ1) is 10.1. The lowest BCUT2D eigenvalue weighted by Gasteiger charge is -2.40. The summed E-state index contributed by atoms with van der Waals surface area (Å²) in [6, 6.07) is 5.95. The van der Waals surface area contributed by atoms with E-state index in [0.717, 1.165) is 30.2 Å². The second kappa shape index (κ2) is 7.11. The van der Waals surface area contributed by atoms with Gasteiger partial charge in [0.15, 0.2) is 0 Å². The summed E-state index contributed by atoms with van der Waals surface area (Å²) in [7, 11) is 3.35. The highest BCUT2D eigenvalue weighted by atomic mass is 16.5. The lowest BCUT2D eigenvalue weighted by atomic mass is 10.0. The van der Waals surface area contributed by atoms with Crippen molar-refractivity contribution in [1.82, 2.24) is 4.90 Å². The molecule has 5 heteroatoms. The van der Waals surface area contributed by atoms with Crippen LogP contribution < -0.4 is 15.2 Å². The summed E-state index contributed by atoms with van der Waals surface area (Å²) in [5.74, 6) is 1.66. The van der Waals surface area contributed by atoms with Gasteiger partial charge in [-0.05, 0) is 32.0 Å². The Morgan fingerprint density at radius 3 is 2.43 bits per heavy atom. The Hall–Kier alpha value is -1.30. The Bertz CT molecular complexity index is 457. The maximum atomic E-state index is 6.06. The highest BCUT2D eigenvalue weighted by Crippen LogP contribution is 2.33. The van der Waals surface area contributed by atoms with Gasteiger partial charge in [0, 0.05) is 25.2 Å². The van der Waals surface area contributed by atoms with E-state index in [1.54, 1.807) is 14.2 Å². The van der Waals surface area contributed by atoms with Crippen LogP contribution in [0.4, 0.5) is 0 Å². The van der Waals surface area contributed by atoms with Crippen molar-refractivity contribution in [1.29, 1.82) is 0 Å². The van der Waals surface area contributed by atoms with E-state index in [-0.39, 0.29) is 18.2 Å². The second-order valence-corrected chi connectivity index (χ2v) is 5.57. The third-order valence-corrected chi connectivity index (χ3v) is 3.91. The standard InChI is InChI=1S/C16H26N2O3/c1-11-9-18(10-12(2)21-11)15(8-17)14-7-13(19-3)5-6-16(14)20-4/h5-7,11-12,15H,8-10,17H2,1-4H3/t11-,12-,15+/m1/s1. The number of nitrogens with zero attached hydrogens (tertiary/aromatic N) is 1. The van der Waals surface area contributed by atoms with Crippen molar-refractivity contribution in [2.24, 2.45) is 5.73 Å². The molecule has 1 fully saturated rings. The van der Waals surface area contributed by atoms with Crippen LogP contribution in [0.5, 0.6) is 11.5 Å². The summed E-state index contributed by atoms with van der Waals surface area (Å²) in [6.07, 6.45) is 0.416. The molecule has 118 valence electrons. The Morgan fingerprint density at radius 1 is 1.24 bits per heavy atom. The topological polar surface area (TPSA) is 57.0 Å². The van der Waals surface area contributed by atoms with Crippen molar-refractivity contribution >= 4 is 0 Å². The van der Waals surface area contributed by atoms with Crippen molar-refractivity contribution in [3.05, 3.63) is 23.8 Å². The fourth-order valence-electron chi connectivity index (χ4n) is 3.04. The maximum Gasteiger partial charge on any atom is 0.123 e. The van der Waals surface area contributed by atoms with E-state index in [9.17, 15) is 0 Å². The molecule has 0 bridgehead atoms. The molecule has 0 unspecified atom stereocenters. The molecule has 2 N–H and O–H groups in total. The molecule has 21 heavy (non-hydrogen) atoms. The number of morpholine rings is 1.